The van der Waals surface area contributed by atoms with E-state index < -0.39 is 5.54 Å². The second-order valence-electron chi connectivity index (χ2n) is 5.11. The van der Waals surface area contributed by atoms with Crippen LogP contribution in [0.1, 0.15) is 18.1 Å². The van der Waals surface area contributed by atoms with Crippen LogP contribution in [0.4, 0.5) is 0 Å². The molecule has 0 fully saturated rings. The number of cyclic esters (lactones) is 1. The van der Waals surface area contributed by atoms with Crippen LogP contribution < -0.4 is 0 Å². The number of carbonyl (C=O) groups excluding carboxylic acids is 1. The van der Waals surface area contributed by atoms with Crippen molar-refractivity contribution in [1.29, 1.82) is 0 Å². The van der Waals surface area contributed by atoms with E-state index in [0.717, 1.165) is 11.1 Å². The van der Waals surface area contributed by atoms with Gasteiger partial charge in [-0.1, -0.05) is 48.5 Å². The Hall–Kier alpha value is -2.42. The first kappa shape index (κ1) is 12.6. The number of carbonyl (C=O) groups is 1. The van der Waals surface area contributed by atoms with E-state index >= 15 is 0 Å². The summed E-state index contributed by atoms with van der Waals surface area (Å²) in [6.07, 6.45) is 0.545. The van der Waals surface area contributed by atoms with E-state index in [0.29, 0.717) is 12.3 Å². The zero-order valence-electron chi connectivity index (χ0n) is 11.2. The van der Waals surface area contributed by atoms with Crippen LogP contribution in [0, 0.1) is 0 Å². The predicted octanol–water partition coefficient (Wildman–Crippen LogP) is 2.99. The van der Waals surface area contributed by atoms with E-state index in [1.54, 1.807) is 0 Å². The zero-order valence-corrected chi connectivity index (χ0v) is 11.2. The number of rotatable bonds is 3. The largest absolute Gasteiger partial charge is 0.405 e. The summed E-state index contributed by atoms with van der Waals surface area (Å²) in [5, 5.41) is 0. The molecule has 1 aliphatic rings. The number of ether oxygens (including phenoxy) is 1. The number of hydrogen-bond donors (Lipinski definition) is 0. The van der Waals surface area contributed by atoms with Gasteiger partial charge >= 0.3 is 5.97 Å². The van der Waals surface area contributed by atoms with Crippen LogP contribution in [0.3, 0.4) is 0 Å². The molecular weight excluding hydrogens is 250 g/mol. The smallest absolute Gasteiger partial charge is 0.340 e. The molecule has 3 nitrogen and oxygen atoms in total. The van der Waals surface area contributed by atoms with Gasteiger partial charge in [0.25, 0.3) is 0 Å². The summed E-state index contributed by atoms with van der Waals surface area (Å²) in [5.41, 5.74) is 1.06. The molecule has 1 heterocycles. The van der Waals surface area contributed by atoms with Crippen LogP contribution in [0.25, 0.3) is 0 Å². The van der Waals surface area contributed by atoms with Crippen LogP contribution in [0.5, 0.6) is 0 Å². The van der Waals surface area contributed by atoms with Gasteiger partial charge in [-0.05, 0) is 24.6 Å². The normalized spacial score (nSPS) is 21.4. The van der Waals surface area contributed by atoms with Crippen LogP contribution >= 0.6 is 0 Å². The highest BCUT2D eigenvalue weighted by Crippen LogP contribution is 2.26. The van der Waals surface area contributed by atoms with E-state index in [2.05, 4.69) is 4.99 Å². The van der Waals surface area contributed by atoms with Crippen molar-refractivity contribution < 1.29 is 9.53 Å². The molecule has 100 valence electrons. The molecule has 0 saturated carbocycles. The molecule has 0 bridgehead atoms. The minimum absolute atomic E-state index is 0.291. The Kier molecular flexibility index (Phi) is 3.11. The molecule has 1 aliphatic heterocycles. The molecule has 3 rings (SSSR count). The Morgan fingerprint density at radius 2 is 1.60 bits per heavy atom. The van der Waals surface area contributed by atoms with Gasteiger partial charge in [0.1, 0.15) is 0 Å². The van der Waals surface area contributed by atoms with Crippen molar-refractivity contribution >= 4 is 11.9 Å². The van der Waals surface area contributed by atoms with Gasteiger partial charge in [0.2, 0.25) is 5.90 Å². The first-order valence-electron chi connectivity index (χ1n) is 6.59. The Bertz CT molecular complexity index is 649. The molecule has 2 aromatic carbocycles. The Labute approximate surface area is 117 Å². The molecule has 0 amide bonds. The summed E-state index contributed by atoms with van der Waals surface area (Å²) >= 11 is 0. The van der Waals surface area contributed by atoms with Crippen LogP contribution in [0.15, 0.2) is 65.7 Å². The molecule has 1 atom stereocenters. The van der Waals surface area contributed by atoms with Crippen molar-refractivity contribution in [3.8, 4) is 0 Å². The molecule has 20 heavy (non-hydrogen) atoms. The molecule has 3 heteroatoms. The van der Waals surface area contributed by atoms with Crippen LogP contribution in [-0.2, 0) is 16.0 Å². The quantitative estimate of drug-likeness (QED) is 0.800. The molecule has 0 N–H and O–H groups in total. The van der Waals surface area contributed by atoms with Crippen LogP contribution in [0.2, 0.25) is 0 Å². The first-order chi connectivity index (χ1) is 9.67. The third-order valence-electron chi connectivity index (χ3n) is 3.39. The molecule has 1 unspecified atom stereocenters. The third-order valence-corrected chi connectivity index (χ3v) is 3.39. The van der Waals surface area contributed by atoms with Gasteiger partial charge in [0.15, 0.2) is 5.54 Å². The lowest BCUT2D eigenvalue weighted by molar-refractivity contribution is -0.138. The molecule has 0 aliphatic carbocycles. The van der Waals surface area contributed by atoms with Crippen molar-refractivity contribution in [2.75, 3.05) is 0 Å². The predicted molar refractivity (Wildman–Crippen MR) is 77.6 cm³/mol. The number of aliphatic imine (C=N–C) groups is 1. The molecule has 0 radical (unpaired) electrons. The second kappa shape index (κ2) is 4.93. The van der Waals surface area contributed by atoms with Crippen molar-refractivity contribution in [3.63, 3.8) is 0 Å². The van der Waals surface area contributed by atoms with Gasteiger partial charge in [0, 0.05) is 12.0 Å². The van der Waals surface area contributed by atoms with Gasteiger partial charge in [0.05, 0.1) is 0 Å². The SMILES string of the molecule is CC1(Cc2ccccc2)N=C(c2ccccc2)OC1=O. The maximum atomic E-state index is 12.1. The summed E-state index contributed by atoms with van der Waals surface area (Å²) in [4.78, 5) is 16.7. The van der Waals surface area contributed by atoms with E-state index in [1.807, 2.05) is 67.6 Å². The van der Waals surface area contributed by atoms with E-state index in [1.165, 1.54) is 0 Å². The monoisotopic (exact) mass is 265 g/mol. The lowest BCUT2D eigenvalue weighted by Crippen LogP contribution is -2.32. The molecule has 0 spiro atoms. The second-order valence-corrected chi connectivity index (χ2v) is 5.11. The lowest BCUT2D eigenvalue weighted by Gasteiger charge is -2.15. The maximum Gasteiger partial charge on any atom is 0.340 e. The van der Waals surface area contributed by atoms with Gasteiger partial charge in [-0.15, -0.1) is 0 Å². The van der Waals surface area contributed by atoms with E-state index in [9.17, 15) is 4.79 Å². The van der Waals surface area contributed by atoms with E-state index in [-0.39, 0.29) is 5.97 Å². The van der Waals surface area contributed by atoms with Gasteiger partial charge in [-0.25, -0.2) is 9.79 Å². The van der Waals surface area contributed by atoms with Crippen molar-refractivity contribution in [2.45, 2.75) is 18.9 Å². The van der Waals surface area contributed by atoms with Gasteiger partial charge in [-0.2, -0.15) is 0 Å². The summed E-state index contributed by atoms with van der Waals surface area (Å²) in [6.45, 7) is 1.82. The van der Waals surface area contributed by atoms with Crippen LogP contribution in [-0.4, -0.2) is 17.4 Å². The average molecular weight is 265 g/mol. The summed E-state index contributed by atoms with van der Waals surface area (Å²) in [7, 11) is 0. The highest BCUT2D eigenvalue weighted by Gasteiger charge is 2.41. The topological polar surface area (TPSA) is 38.7 Å². The molecule has 0 saturated heterocycles. The Morgan fingerprint density at radius 3 is 2.25 bits per heavy atom. The fourth-order valence-electron chi connectivity index (χ4n) is 2.30. The number of esters is 1. The highest BCUT2D eigenvalue weighted by molar-refractivity contribution is 6.07. The van der Waals surface area contributed by atoms with Gasteiger partial charge < -0.3 is 4.74 Å². The van der Waals surface area contributed by atoms with E-state index in [4.69, 9.17) is 4.74 Å². The molecule has 0 aromatic heterocycles. The number of hydrogen-bond acceptors (Lipinski definition) is 3. The third kappa shape index (κ3) is 2.35. The summed E-state index contributed by atoms with van der Waals surface area (Å²) in [6, 6.07) is 19.4. The summed E-state index contributed by atoms with van der Waals surface area (Å²) < 4.78 is 5.35. The van der Waals surface area contributed by atoms with Crippen molar-refractivity contribution in [2.24, 2.45) is 4.99 Å². The first-order valence-corrected chi connectivity index (χ1v) is 6.59. The Balaban J connectivity index is 1.90. The van der Waals surface area contributed by atoms with Crippen molar-refractivity contribution in [1.82, 2.24) is 0 Å². The number of benzene rings is 2. The lowest BCUT2D eigenvalue weighted by atomic mass is 9.94. The van der Waals surface area contributed by atoms with Gasteiger partial charge in [-0.3, -0.25) is 0 Å². The standard InChI is InChI=1S/C17H15NO2/c1-17(12-13-8-4-2-5-9-13)16(19)20-15(18-17)14-10-6-3-7-11-14/h2-11H,12H2,1H3. The molecule has 2 aromatic rings. The Morgan fingerprint density at radius 1 is 1.00 bits per heavy atom. The zero-order chi connectivity index (χ0) is 14.0. The average Bonchev–Trinajstić information content (AvgIpc) is 2.77. The number of nitrogens with zero attached hydrogens (tertiary/aromatic N) is 1. The van der Waals surface area contributed by atoms with Crippen molar-refractivity contribution in [3.05, 3.63) is 71.8 Å². The fourth-order valence-corrected chi connectivity index (χ4v) is 2.30. The minimum atomic E-state index is -0.841. The summed E-state index contributed by atoms with van der Waals surface area (Å²) in [5.74, 6) is 0.120. The maximum absolute atomic E-state index is 12.1. The fraction of sp³-hybridized carbons (Fsp3) is 0.176. The molecular formula is C17H15NO2. The highest BCUT2D eigenvalue weighted by atomic mass is 16.6. The minimum Gasteiger partial charge on any atom is -0.405 e.